The molecule has 2 N–H and O–H groups in total. The molecular formula is C19H17FN4O3. The van der Waals surface area contributed by atoms with E-state index in [2.05, 4.69) is 20.8 Å². The number of carbonyl (C=O) groups excluding carboxylic acids is 2. The highest BCUT2D eigenvalue weighted by Crippen LogP contribution is 2.20. The number of benzene rings is 2. The molecule has 0 saturated carbocycles. The number of nitrogens with one attached hydrogen (secondary N) is 2. The van der Waals surface area contributed by atoms with Gasteiger partial charge in [-0.3, -0.25) is 9.59 Å². The molecule has 0 radical (unpaired) electrons. The fourth-order valence-corrected chi connectivity index (χ4v) is 2.43. The Morgan fingerprint density at radius 2 is 1.81 bits per heavy atom. The molecule has 8 heteroatoms. The summed E-state index contributed by atoms with van der Waals surface area (Å²) in [5.41, 5.74) is 1.39. The van der Waals surface area contributed by atoms with E-state index >= 15 is 0 Å². The van der Waals surface area contributed by atoms with Gasteiger partial charge >= 0.3 is 0 Å². The normalized spacial score (nSPS) is 10.4. The van der Waals surface area contributed by atoms with Crippen LogP contribution in [0.3, 0.4) is 0 Å². The van der Waals surface area contributed by atoms with Crippen molar-refractivity contribution in [1.82, 2.24) is 10.1 Å². The van der Waals surface area contributed by atoms with Crippen LogP contribution >= 0.6 is 0 Å². The van der Waals surface area contributed by atoms with Crippen LogP contribution < -0.4 is 10.6 Å². The zero-order valence-corrected chi connectivity index (χ0v) is 14.5. The molecule has 27 heavy (non-hydrogen) atoms. The number of aryl methyl sites for hydroxylation is 1. The molecule has 0 fully saturated rings. The van der Waals surface area contributed by atoms with Crippen molar-refractivity contribution in [2.24, 2.45) is 0 Å². The fourth-order valence-electron chi connectivity index (χ4n) is 2.43. The van der Waals surface area contributed by atoms with Gasteiger partial charge in [0.2, 0.25) is 23.5 Å². The number of hydrogen-bond acceptors (Lipinski definition) is 5. The third-order valence-electron chi connectivity index (χ3n) is 3.62. The quantitative estimate of drug-likeness (QED) is 0.695. The van der Waals surface area contributed by atoms with Crippen molar-refractivity contribution in [1.29, 1.82) is 0 Å². The van der Waals surface area contributed by atoms with Gasteiger partial charge in [0, 0.05) is 31.1 Å². The lowest BCUT2D eigenvalue weighted by Gasteiger charge is -2.07. The summed E-state index contributed by atoms with van der Waals surface area (Å²) in [7, 11) is 0. The number of amides is 2. The van der Waals surface area contributed by atoms with E-state index in [0.717, 1.165) is 0 Å². The van der Waals surface area contributed by atoms with Crippen LogP contribution in [0.25, 0.3) is 11.4 Å². The van der Waals surface area contributed by atoms with Crippen LogP contribution in [0.1, 0.15) is 19.2 Å². The number of rotatable bonds is 6. The lowest BCUT2D eigenvalue weighted by molar-refractivity contribution is -0.116. The average molecular weight is 368 g/mol. The predicted molar refractivity (Wildman–Crippen MR) is 97.4 cm³/mol. The van der Waals surface area contributed by atoms with E-state index in [1.807, 2.05) is 0 Å². The van der Waals surface area contributed by atoms with Gasteiger partial charge < -0.3 is 15.2 Å². The fraction of sp³-hybridized carbons (Fsp3) is 0.158. The molecule has 0 atom stereocenters. The van der Waals surface area contributed by atoms with E-state index in [-0.39, 0.29) is 41.9 Å². The molecule has 0 saturated heterocycles. The van der Waals surface area contributed by atoms with Crippen molar-refractivity contribution in [2.45, 2.75) is 19.8 Å². The predicted octanol–water partition coefficient (Wildman–Crippen LogP) is 3.41. The first-order chi connectivity index (χ1) is 13.0. The second kappa shape index (κ2) is 8.22. The Bertz CT molecular complexity index is 971. The molecule has 2 amide bonds. The minimum Gasteiger partial charge on any atom is -0.339 e. The van der Waals surface area contributed by atoms with Crippen LogP contribution in [0.15, 0.2) is 53.1 Å². The number of carbonyl (C=O) groups is 2. The lowest BCUT2D eigenvalue weighted by Crippen LogP contribution is -2.13. The van der Waals surface area contributed by atoms with Crippen molar-refractivity contribution >= 4 is 23.2 Å². The monoisotopic (exact) mass is 368 g/mol. The van der Waals surface area contributed by atoms with Crippen LogP contribution in [0.4, 0.5) is 15.8 Å². The Balaban J connectivity index is 1.57. The van der Waals surface area contributed by atoms with Gasteiger partial charge in [0.25, 0.3) is 0 Å². The summed E-state index contributed by atoms with van der Waals surface area (Å²) in [5.74, 6) is -0.496. The molecule has 0 bridgehead atoms. The van der Waals surface area contributed by atoms with Gasteiger partial charge in [0.05, 0.1) is 5.56 Å². The van der Waals surface area contributed by atoms with Gasteiger partial charge in [-0.1, -0.05) is 23.4 Å². The standard InChI is InChI=1S/C19H17FN4O3/c1-12(25)21-13-5-4-6-14(11-13)22-17(26)9-10-18-23-19(24-27-18)15-7-2-3-8-16(15)20/h2-8,11H,9-10H2,1H3,(H,21,25)(H,22,26). The summed E-state index contributed by atoms with van der Waals surface area (Å²) >= 11 is 0. The van der Waals surface area contributed by atoms with Crippen molar-refractivity contribution in [2.75, 3.05) is 10.6 Å². The van der Waals surface area contributed by atoms with Crippen molar-refractivity contribution < 1.29 is 18.5 Å². The highest BCUT2D eigenvalue weighted by molar-refractivity contribution is 5.93. The minimum absolute atomic E-state index is 0.114. The van der Waals surface area contributed by atoms with E-state index < -0.39 is 5.82 Å². The molecule has 138 valence electrons. The van der Waals surface area contributed by atoms with Crippen molar-refractivity contribution in [3.05, 3.63) is 60.2 Å². The van der Waals surface area contributed by atoms with Gasteiger partial charge in [-0.15, -0.1) is 0 Å². The third-order valence-corrected chi connectivity index (χ3v) is 3.62. The summed E-state index contributed by atoms with van der Waals surface area (Å²) in [6.45, 7) is 1.41. The molecule has 2 aromatic carbocycles. The molecule has 3 rings (SSSR count). The van der Waals surface area contributed by atoms with Crippen LogP contribution in [-0.2, 0) is 16.0 Å². The molecular weight excluding hydrogens is 351 g/mol. The summed E-state index contributed by atoms with van der Waals surface area (Å²) in [6, 6.07) is 12.9. The second-order valence-electron chi connectivity index (χ2n) is 5.80. The zero-order chi connectivity index (χ0) is 19.2. The van der Waals surface area contributed by atoms with Gasteiger partial charge in [0.15, 0.2) is 0 Å². The first-order valence-electron chi connectivity index (χ1n) is 8.26. The highest BCUT2D eigenvalue weighted by Gasteiger charge is 2.13. The maximum absolute atomic E-state index is 13.7. The van der Waals surface area contributed by atoms with Gasteiger partial charge in [-0.2, -0.15) is 4.98 Å². The van der Waals surface area contributed by atoms with Crippen molar-refractivity contribution in [3.8, 4) is 11.4 Å². The summed E-state index contributed by atoms with van der Waals surface area (Å²) in [5, 5.41) is 9.13. The van der Waals surface area contributed by atoms with Crippen molar-refractivity contribution in [3.63, 3.8) is 0 Å². The smallest absolute Gasteiger partial charge is 0.227 e. The zero-order valence-electron chi connectivity index (χ0n) is 14.5. The maximum Gasteiger partial charge on any atom is 0.227 e. The third kappa shape index (κ3) is 4.97. The van der Waals surface area contributed by atoms with Gasteiger partial charge in [-0.25, -0.2) is 4.39 Å². The minimum atomic E-state index is -0.443. The Kier molecular flexibility index (Phi) is 5.55. The Hall–Kier alpha value is -3.55. The Labute approximate surface area is 154 Å². The lowest BCUT2D eigenvalue weighted by atomic mass is 10.2. The first-order valence-corrected chi connectivity index (χ1v) is 8.26. The SMILES string of the molecule is CC(=O)Nc1cccc(NC(=O)CCc2nc(-c3ccccc3F)no2)c1. The molecule has 0 aliphatic rings. The number of halogens is 1. The van der Waals surface area contributed by atoms with E-state index in [0.29, 0.717) is 11.4 Å². The molecule has 0 unspecified atom stereocenters. The summed E-state index contributed by atoms with van der Waals surface area (Å²) in [4.78, 5) is 27.3. The topological polar surface area (TPSA) is 97.1 Å². The molecule has 3 aromatic rings. The summed E-state index contributed by atoms with van der Waals surface area (Å²) in [6.07, 6.45) is 0.335. The molecule has 7 nitrogen and oxygen atoms in total. The Morgan fingerprint density at radius 1 is 1.07 bits per heavy atom. The van der Waals surface area contributed by atoms with E-state index in [1.54, 1.807) is 42.5 Å². The van der Waals surface area contributed by atoms with E-state index in [4.69, 9.17) is 4.52 Å². The molecule has 1 aromatic heterocycles. The molecule has 1 heterocycles. The first kappa shape index (κ1) is 18.2. The van der Waals surface area contributed by atoms with E-state index in [9.17, 15) is 14.0 Å². The van der Waals surface area contributed by atoms with Crippen LogP contribution in [0, 0.1) is 5.82 Å². The molecule has 0 aliphatic carbocycles. The maximum atomic E-state index is 13.7. The van der Waals surface area contributed by atoms with Crippen LogP contribution in [-0.4, -0.2) is 22.0 Å². The molecule has 0 spiro atoms. The second-order valence-corrected chi connectivity index (χ2v) is 5.80. The number of nitrogens with zero attached hydrogens (tertiary/aromatic N) is 2. The highest BCUT2D eigenvalue weighted by atomic mass is 19.1. The summed E-state index contributed by atoms with van der Waals surface area (Å²) < 4.78 is 18.8. The van der Waals surface area contributed by atoms with Gasteiger partial charge in [-0.05, 0) is 30.3 Å². The largest absolute Gasteiger partial charge is 0.339 e. The van der Waals surface area contributed by atoms with Gasteiger partial charge in [0.1, 0.15) is 5.82 Å². The van der Waals surface area contributed by atoms with Crippen LogP contribution in [0.2, 0.25) is 0 Å². The van der Waals surface area contributed by atoms with Crippen LogP contribution in [0.5, 0.6) is 0 Å². The molecule has 0 aliphatic heterocycles. The van der Waals surface area contributed by atoms with E-state index in [1.165, 1.54) is 13.0 Å². The number of aromatic nitrogens is 2. The number of hydrogen-bond donors (Lipinski definition) is 2. The average Bonchev–Trinajstić information content (AvgIpc) is 3.09. The number of anilines is 2. The Morgan fingerprint density at radius 3 is 2.56 bits per heavy atom.